The number of carbonyl (C=O) groups is 2. The molecule has 4 fully saturated rings. The Morgan fingerprint density at radius 3 is 2.52 bits per heavy atom. The summed E-state index contributed by atoms with van der Waals surface area (Å²) in [6, 6.07) is 0. The first-order valence-electron chi connectivity index (χ1n) is 11.7. The second kappa shape index (κ2) is 6.85. The molecule has 4 nitrogen and oxygen atoms in total. The monoisotopic (exact) mass is 402 g/mol. The van der Waals surface area contributed by atoms with Crippen LogP contribution in [0.4, 0.5) is 0 Å². The number of esters is 1. The minimum Gasteiger partial charge on any atom is -0.481 e. The van der Waals surface area contributed by atoms with Gasteiger partial charge in [0.1, 0.15) is 6.10 Å². The van der Waals surface area contributed by atoms with E-state index in [0.29, 0.717) is 18.3 Å². The van der Waals surface area contributed by atoms with Crippen LogP contribution in [0.3, 0.4) is 0 Å². The summed E-state index contributed by atoms with van der Waals surface area (Å²) in [7, 11) is 0. The van der Waals surface area contributed by atoms with E-state index in [1.807, 2.05) is 20.8 Å². The van der Waals surface area contributed by atoms with Gasteiger partial charge in [-0.3, -0.25) is 9.59 Å². The quantitative estimate of drug-likeness (QED) is 0.490. The van der Waals surface area contributed by atoms with Gasteiger partial charge in [0.2, 0.25) is 0 Å². The molecular weight excluding hydrogens is 364 g/mol. The summed E-state index contributed by atoms with van der Waals surface area (Å²) >= 11 is 0. The number of ether oxygens (including phenoxy) is 1. The number of carbonyl (C=O) groups excluding carboxylic acids is 1. The fourth-order valence-electron chi connectivity index (χ4n) is 8.29. The molecule has 0 aromatic carbocycles. The molecule has 4 saturated carbocycles. The smallest absolute Gasteiger partial charge is 0.309 e. The van der Waals surface area contributed by atoms with Crippen LogP contribution in [0.1, 0.15) is 85.5 Å². The van der Waals surface area contributed by atoms with Crippen molar-refractivity contribution < 1.29 is 19.4 Å². The lowest BCUT2D eigenvalue weighted by molar-refractivity contribution is -0.196. The van der Waals surface area contributed by atoms with Crippen LogP contribution in [0, 0.1) is 39.9 Å². The Hall–Kier alpha value is -1.32. The van der Waals surface area contributed by atoms with E-state index in [0.717, 1.165) is 56.9 Å². The molecule has 4 aliphatic rings. The number of carboxylic acids is 1. The SMILES string of the molecule is C=C1C2CCC3C4(C)CCCC(C)(C(=O)O)C4CCC3(C2)C1OC(=O)CC(C)C. The van der Waals surface area contributed by atoms with Gasteiger partial charge in [-0.2, -0.15) is 0 Å². The van der Waals surface area contributed by atoms with Gasteiger partial charge in [0.15, 0.2) is 0 Å². The highest BCUT2D eigenvalue weighted by Crippen LogP contribution is 2.72. The first-order valence-corrected chi connectivity index (χ1v) is 11.7. The molecule has 4 rings (SSSR count). The maximum atomic E-state index is 12.6. The minimum absolute atomic E-state index is 0.00192. The lowest BCUT2D eigenvalue weighted by Crippen LogP contribution is -2.60. The summed E-state index contributed by atoms with van der Waals surface area (Å²) in [5, 5.41) is 10.1. The molecular formula is C25H38O4. The molecule has 0 aromatic heterocycles. The first kappa shape index (κ1) is 20.9. The van der Waals surface area contributed by atoms with Crippen molar-refractivity contribution in [3.8, 4) is 0 Å². The summed E-state index contributed by atoms with van der Waals surface area (Å²) in [6.07, 6.45) is 8.31. The van der Waals surface area contributed by atoms with E-state index in [1.54, 1.807) is 0 Å². The number of fused-ring (bicyclic) bond motifs is 3. The molecule has 162 valence electrons. The van der Waals surface area contributed by atoms with E-state index in [-0.39, 0.29) is 34.7 Å². The van der Waals surface area contributed by atoms with Crippen molar-refractivity contribution in [1.29, 1.82) is 0 Å². The zero-order chi connectivity index (χ0) is 21.2. The van der Waals surface area contributed by atoms with Gasteiger partial charge in [0, 0.05) is 11.8 Å². The first-order chi connectivity index (χ1) is 13.5. The van der Waals surface area contributed by atoms with Crippen LogP contribution in [0.5, 0.6) is 0 Å². The topological polar surface area (TPSA) is 63.6 Å². The second-order valence-electron chi connectivity index (χ2n) is 11.5. The summed E-state index contributed by atoms with van der Waals surface area (Å²) in [4.78, 5) is 24.9. The van der Waals surface area contributed by atoms with Crippen molar-refractivity contribution in [3.05, 3.63) is 12.2 Å². The summed E-state index contributed by atoms with van der Waals surface area (Å²) < 4.78 is 6.18. The Morgan fingerprint density at radius 1 is 1.14 bits per heavy atom. The highest BCUT2D eigenvalue weighted by atomic mass is 16.5. The van der Waals surface area contributed by atoms with Crippen molar-refractivity contribution in [2.24, 2.45) is 39.9 Å². The molecule has 29 heavy (non-hydrogen) atoms. The van der Waals surface area contributed by atoms with E-state index in [1.165, 1.54) is 0 Å². The molecule has 0 heterocycles. The molecule has 4 heteroatoms. The molecule has 7 unspecified atom stereocenters. The van der Waals surface area contributed by atoms with Gasteiger partial charge in [-0.25, -0.2) is 0 Å². The molecule has 0 amide bonds. The van der Waals surface area contributed by atoms with Crippen molar-refractivity contribution in [1.82, 2.24) is 0 Å². The van der Waals surface area contributed by atoms with E-state index < -0.39 is 11.4 Å². The van der Waals surface area contributed by atoms with Gasteiger partial charge in [-0.1, -0.05) is 33.8 Å². The summed E-state index contributed by atoms with van der Waals surface area (Å²) in [5.41, 5.74) is 0.463. The van der Waals surface area contributed by atoms with Crippen molar-refractivity contribution in [2.45, 2.75) is 91.6 Å². The van der Waals surface area contributed by atoms with Crippen LogP contribution in [0.2, 0.25) is 0 Å². The largest absolute Gasteiger partial charge is 0.481 e. The molecule has 1 spiro atoms. The Balaban J connectivity index is 1.69. The number of hydrogen-bond acceptors (Lipinski definition) is 3. The number of aliphatic carboxylic acids is 1. The summed E-state index contributed by atoms with van der Waals surface area (Å²) in [5.74, 6) is 0.631. The van der Waals surface area contributed by atoms with Gasteiger partial charge >= 0.3 is 11.9 Å². The third kappa shape index (κ3) is 2.91. The predicted octanol–water partition coefficient (Wildman–Crippen LogP) is 5.61. The average Bonchev–Trinajstić information content (AvgIpc) is 2.81. The zero-order valence-corrected chi connectivity index (χ0v) is 18.6. The van der Waals surface area contributed by atoms with E-state index in [2.05, 4.69) is 13.5 Å². The van der Waals surface area contributed by atoms with Crippen LogP contribution in [-0.2, 0) is 14.3 Å². The van der Waals surface area contributed by atoms with Crippen LogP contribution >= 0.6 is 0 Å². The molecule has 0 aliphatic heterocycles. The molecule has 1 N–H and O–H groups in total. The normalized spacial score (nSPS) is 46.2. The third-order valence-electron chi connectivity index (χ3n) is 9.49. The van der Waals surface area contributed by atoms with Crippen molar-refractivity contribution >= 4 is 11.9 Å². The maximum absolute atomic E-state index is 12.6. The lowest BCUT2D eigenvalue weighted by Gasteiger charge is -2.63. The predicted molar refractivity (Wildman–Crippen MR) is 112 cm³/mol. The van der Waals surface area contributed by atoms with E-state index in [4.69, 9.17) is 4.74 Å². The highest BCUT2D eigenvalue weighted by molar-refractivity contribution is 5.75. The Kier molecular flexibility index (Phi) is 4.94. The van der Waals surface area contributed by atoms with E-state index in [9.17, 15) is 14.7 Å². The molecule has 7 atom stereocenters. The molecule has 4 aliphatic carbocycles. The van der Waals surface area contributed by atoms with Gasteiger partial charge in [-0.05, 0) is 86.5 Å². The van der Waals surface area contributed by atoms with Gasteiger partial charge < -0.3 is 9.84 Å². The summed E-state index contributed by atoms with van der Waals surface area (Å²) in [6.45, 7) is 12.8. The highest BCUT2D eigenvalue weighted by Gasteiger charge is 2.68. The van der Waals surface area contributed by atoms with Crippen LogP contribution in [0.15, 0.2) is 12.2 Å². The van der Waals surface area contributed by atoms with Crippen LogP contribution in [0.25, 0.3) is 0 Å². The fourth-order valence-corrected chi connectivity index (χ4v) is 8.29. The van der Waals surface area contributed by atoms with Crippen LogP contribution < -0.4 is 0 Å². The van der Waals surface area contributed by atoms with Crippen LogP contribution in [-0.4, -0.2) is 23.1 Å². The lowest BCUT2D eigenvalue weighted by atomic mass is 9.40. The second-order valence-corrected chi connectivity index (χ2v) is 11.5. The van der Waals surface area contributed by atoms with Crippen molar-refractivity contribution in [3.63, 3.8) is 0 Å². The maximum Gasteiger partial charge on any atom is 0.309 e. The Bertz CT molecular complexity index is 726. The molecule has 0 saturated heterocycles. The number of hydrogen-bond donors (Lipinski definition) is 1. The Morgan fingerprint density at radius 2 is 1.86 bits per heavy atom. The number of carboxylic acid groups (broad SMARTS) is 1. The average molecular weight is 403 g/mol. The van der Waals surface area contributed by atoms with Gasteiger partial charge in [0.05, 0.1) is 5.41 Å². The molecule has 0 radical (unpaired) electrons. The van der Waals surface area contributed by atoms with E-state index >= 15 is 0 Å². The molecule has 0 aromatic rings. The van der Waals surface area contributed by atoms with Gasteiger partial charge in [0.25, 0.3) is 0 Å². The third-order valence-corrected chi connectivity index (χ3v) is 9.49. The van der Waals surface area contributed by atoms with Crippen molar-refractivity contribution in [2.75, 3.05) is 0 Å². The minimum atomic E-state index is -0.634. The molecule has 2 bridgehead atoms. The fraction of sp³-hybridized carbons (Fsp3) is 0.840. The standard InChI is InChI=1S/C25H38O4/c1-15(2)13-20(26)29-21-16(3)17-7-8-19-23(4)10-6-11-24(5,22(27)28)18(23)9-12-25(19,21)14-17/h15,17-19,21H,3,6-14H2,1-2,4-5H3,(H,27,28). The van der Waals surface area contributed by atoms with Gasteiger partial charge in [-0.15, -0.1) is 0 Å². The Labute approximate surface area is 175 Å². The number of rotatable bonds is 4. The zero-order valence-electron chi connectivity index (χ0n) is 18.6.